The molecule has 0 amide bonds. The second-order valence-corrected chi connectivity index (χ2v) is 4.95. The van der Waals surface area contributed by atoms with Crippen molar-refractivity contribution < 1.29 is 4.42 Å². The smallest absolute Gasteiger partial charge is 0.0953 e. The number of benzene rings is 1. The molecular formula is C17H18N2O. The van der Waals surface area contributed by atoms with E-state index in [-0.39, 0.29) is 6.04 Å². The van der Waals surface area contributed by atoms with Gasteiger partial charge in [0.15, 0.2) is 0 Å². The molecule has 3 aromatic rings. The van der Waals surface area contributed by atoms with Crippen LogP contribution in [0, 0.1) is 6.92 Å². The molecule has 0 spiro atoms. The number of nitrogens with one attached hydrogen (secondary N) is 1. The summed E-state index contributed by atoms with van der Waals surface area (Å²) in [7, 11) is 0. The summed E-state index contributed by atoms with van der Waals surface area (Å²) in [5.74, 6) is 0. The zero-order valence-electron chi connectivity index (χ0n) is 11.8. The summed E-state index contributed by atoms with van der Waals surface area (Å²) in [5.41, 5.74) is 4.46. The molecule has 0 aliphatic carbocycles. The number of rotatable bonds is 4. The van der Waals surface area contributed by atoms with Gasteiger partial charge in [-0.1, -0.05) is 19.1 Å². The molecule has 102 valence electrons. The average molecular weight is 266 g/mol. The molecule has 3 heteroatoms. The lowest BCUT2D eigenvalue weighted by molar-refractivity contribution is 0.553. The van der Waals surface area contributed by atoms with E-state index in [0.717, 1.165) is 23.3 Å². The van der Waals surface area contributed by atoms with Gasteiger partial charge in [0, 0.05) is 16.6 Å². The minimum atomic E-state index is 0.157. The van der Waals surface area contributed by atoms with E-state index in [2.05, 4.69) is 41.5 Å². The average Bonchev–Trinajstić information content (AvgIpc) is 2.98. The van der Waals surface area contributed by atoms with Crippen LogP contribution in [0.3, 0.4) is 0 Å². The highest BCUT2D eigenvalue weighted by molar-refractivity contribution is 5.79. The van der Waals surface area contributed by atoms with Gasteiger partial charge in [-0.05, 0) is 43.3 Å². The second kappa shape index (κ2) is 5.47. The third-order valence-corrected chi connectivity index (χ3v) is 3.47. The molecule has 1 N–H and O–H groups in total. The van der Waals surface area contributed by atoms with Crippen LogP contribution in [0.4, 0.5) is 0 Å². The molecule has 0 fully saturated rings. The number of furan rings is 1. The Morgan fingerprint density at radius 2 is 2.05 bits per heavy atom. The molecule has 1 atom stereocenters. The fraction of sp³-hybridized carbons (Fsp3) is 0.235. The summed E-state index contributed by atoms with van der Waals surface area (Å²) in [6, 6.07) is 12.8. The number of nitrogens with zero attached hydrogens (tertiary/aromatic N) is 1. The van der Waals surface area contributed by atoms with Gasteiger partial charge in [-0.25, -0.2) is 0 Å². The van der Waals surface area contributed by atoms with Gasteiger partial charge in [0.05, 0.1) is 24.1 Å². The molecule has 3 rings (SSSR count). The summed E-state index contributed by atoms with van der Waals surface area (Å²) >= 11 is 0. The molecule has 0 aliphatic heterocycles. The van der Waals surface area contributed by atoms with Crippen LogP contribution in [-0.2, 0) is 0 Å². The van der Waals surface area contributed by atoms with Gasteiger partial charge in [0.2, 0.25) is 0 Å². The standard InChI is InChI=1S/C17H18N2O/c1-3-18-17(15-8-9-20-11-15)14-6-7-16-13(10-14)5-4-12(2)19-16/h4-11,17-18H,3H2,1-2H3. The fourth-order valence-corrected chi connectivity index (χ4v) is 2.50. The lowest BCUT2D eigenvalue weighted by Gasteiger charge is -2.17. The Labute approximate surface area is 118 Å². The first-order valence-corrected chi connectivity index (χ1v) is 6.90. The molecule has 1 aromatic carbocycles. The fourth-order valence-electron chi connectivity index (χ4n) is 2.50. The van der Waals surface area contributed by atoms with Crippen LogP contribution in [0.5, 0.6) is 0 Å². The van der Waals surface area contributed by atoms with Crippen molar-refractivity contribution >= 4 is 10.9 Å². The molecule has 0 saturated carbocycles. The van der Waals surface area contributed by atoms with Crippen LogP contribution in [-0.4, -0.2) is 11.5 Å². The third-order valence-electron chi connectivity index (χ3n) is 3.47. The molecule has 20 heavy (non-hydrogen) atoms. The lowest BCUT2D eigenvalue weighted by Crippen LogP contribution is -2.21. The van der Waals surface area contributed by atoms with Crippen LogP contribution in [0.15, 0.2) is 53.3 Å². The normalized spacial score (nSPS) is 12.7. The Hall–Kier alpha value is -2.13. The molecule has 2 heterocycles. The van der Waals surface area contributed by atoms with Crippen molar-refractivity contribution in [1.82, 2.24) is 10.3 Å². The summed E-state index contributed by atoms with van der Waals surface area (Å²) in [6.45, 7) is 5.03. The number of pyridine rings is 1. The topological polar surface area (TPSA) is 38.1 Å². The number of hydrogen-bond acceptors (Lipinski definition) is 3. The Balaban J connectivity index is 2.05. The van der Waals surface area contributed by atoms with Crippen LogP contribution < -0.4 is 5.32 Å². The number of aromatic nitrogens is 1. The zero-order chi connectivity index (χ0) is 13.9. The van der Waals surface area contributed by atoms with E-state index in [1.807, 2.05) is 19.1 Å². The highest BCUT2D eigenvalue weighted by Crippen LogP contribution is 2.25. The minimum Gasteiger partial charge on any atom is -0.472 e. The van der Waals surface area contributed by atoms with Gasteiger partial charge < -0.3 is 9.73 Å². The maximum atomic E-state index is 5.21. The van der Waals surface area contributed by atoms with E-state index >= 15 is 0 Å². The maximum absolute atomic E-state index is 5.21. The van der Waals surface area contributed by atoms with Gasteiger partial charge in [-0.2, -0.15) is 0 Å². The summed E-state index contributed by atoms with van der Waals surface area (Å²) in [5, 5.41) is 4.66. The summed E-state index contributed by atoms with van der Waals surface area (Å²) < 4.78 is 5.21. The first kappa shape index (κ1) is 12.9. The highest BCUT2D eigenvalue weighted by Gasteiger charge is 2.14. The van der Waals surface area contributed by atoms with E-state index in [1.165, 1.54) is 10.9 Å². The highest BCUT2D eigenvalue weighted by atomic mass is 16.3. The Morgan fingerprint density at radius 3 is 2.80 bits per heavy atom. The van der Waals surface area contributed by atoms with Gasteiger partial charge in [-0.3, -0.25) is 4.98 Å². The maximum Gasteiger partial charge on any atom is 0.0953 e. The van der Waals surface area contributed by atoms with Crippen LogP contribution in [0.25, 0.3) is 10.9 Å². The largest absolute Gasteiger partial charge is 0.472 e. The molecule has 0 saturated heterocycles. The van der Waals surface area contributed by atoms with E-state index in [4.69, 9.17) is 4.42 Å². The molecular weight excluding hydrogens is 248 g/mol. The molecule has 1 unspecified atom stereocenters. The molecule has 3 nitrogen and oxygen atoms in total. The third kappa shape index (κ3) is 2.45. The molecule has 0 radical (unpaired) electrons. The van der Waals surface area contributed by atoms with Gasteiger partial charge >= 0.3 is 0 Å². The second-order valence-electron chi connectivity index (χ2n) is 4.95. The lowest BCUT2D eigenvalue weighted by atomic mass is 9.99. The van der Waals surface area contributed by atoms with Crippen LogP contribution >= 0.6 is 0 Å². The van der Waals surface area contributed by atoms with Crippen molar-refractivity contribution in [2.45, 2.75) is 19.9 Å². The van der Waals surface area contributed by atoms with E-state index in [0.29, 0.717) is 0 Å². The van der Waals surface area contributed by atoms with E-state index < -0.39 is 0 Å². The number of fused-ring (bicyclic) bond motifs is 1. The number of aryl methyl sites for hydroxylation is 1. The Morgan fingerprint density at radius 1 is 1.15 bits per heavy atom. The van der Waals surface area contributed by atoms with Gasteiger partial charge in [-0.15, -0.1) is 0 Å². The first-order valence-electron chi connectivity index (χ1n) is 6.90. The first-order chi connectivity index (χ1) is 9.78. The van der Waals surface area contributed by atoms with Crippen molar-refractivity contribution in [3.05, 3.63) is 65.7 Å². The van der Waals surface area contributed by atoms with Crippen molar-refractivity contribution in [1.29, 1.82) is 0 Å². The summed E-state index contributed by atoms with van der Waals surface area (Å²) in [4.78, 5) is 4.55. The molecule has 2 aromatic heterocycles. The van der Waals surface area contributed by atoms with Crippen LogP contribution in [0.2, 0.25) is 0 Å². The summed E-state index contributed by atoms with van der Waals surface area (Å²) in [6.07, 6.45) is 3.51. The Bertz CT molecular complexity index is 704. The SMILES string of the molecule is CCNC(c1ccoc1)c1ccc2nc(C)ccc2c1. The molecule has 0 aliphatic rings. The van der Waals surface area contributed by atoms with E-state index in [9.17, 15) is 0 Å². The number of hydrogen-bond donors (Lipinski definition) is 1. The predicted molar refractivity (Wildman–Crippen MR) is 80.7 cm³/mol. The monoisotopic (exact) mass is 266 g/mol. The minimum absolute atomic E-state index is 0.157. The zero-order valence-corrected chi connectivity index (χ0v) is 11.8. The van der Waals surface area contributed by atoms with E-state index in [1.54, 1.807) is 12.5 Å². The quantitative estimate of drug-likeness (QED) is 0.779. The van der Waals surface area contributed by atoms with Crippen molar-refractivity contribution in [2.75, 3.05) is 6.54 Å². The predicted octanol–water partition coefficient (Wildman–Crippen LogP) is 3.84. The molecule has 0 bridgehead atoms. The van der Waals surface area contributed by atoms with Gasteiger partial charge in [0.25, 0.3) is 0 Å². The van der Waals surface area contributed by atoms with Crippen molar-refractivity contribution in [3.8, 4) is 0 Å². The van der Waals surface area contributed by atoms with Crippen LogP contribution in [0.1, 0.15) is 29.8 Å². The van der Waals surface area contributed by atoms with Crippen molar-refractivity contribution in [2.24, 2.45) is 0 Å². The van der Waals surface area contributed by atoms with Crippen molar-refractivity contribution in [3.63, 3.8) is 0 Å². The van der Waals surface area contributed by atoms with Gasteiger partial charge in [0.1, 0.15) is 0 Å². The Kier molecular flexibility index (Phi) is 3.52.